The van der Waals surface area contributed by atoms with Gasteiger partial charge in [0.1, 0.15) is 11.6 Å². The molecule has 0 spiro atoms. The van der Waals surface area contributed by atoms with Gasteiger partial charge in [0.05, 0.1) is 17.4 Å². The summed E-state index contributed by atoms with van der Waals surface area (Å²) in [6, 6.07) is 14.9. The lowest BCUT2D eigenvalue weighted by atomic mass is 9.98. The van der Waals surface area contributed by atoms with Crippen molar-refractivity contribution in [3.05, 3.63) is 77.7 Å². The third-order valence-corrected chi connectivity index (χ3v) is 4.99. The summed E-state index contributed by atoms with van der Waals surface area (Å²) in [5.41, 5.74) is 7.57. The Kier molecular flexibility index (Phi) is 4.65. The highest BCUT2D eigenvalue weighted by Gasteiger charge is 2.33. The maximum Gasteiger partial charge on any atom is 0.253 e. The van der Waals surface area contributed by atoms with Gasteiger partial charge in [-0.05, 0) is 36.8 Å². The van der Waals surface area contributed by atoms with Gasteiger partial charge in [-0.25, -0.2) is 9.07 Å². The third-order valence-electron chi connectivity index (χ3n) is 4.99. The lowest BCUT2D eigenvalue weighted by Gasteiger charge is -2.16. The van der Waals surface area contributed by atoms with Crippen LogP contribution in [0, 0.1) is 11.7 Å². The van der Waals surface area contributed by atoms with E-state index in [9.17, 15) is 14.0 Å². The molecule has 0 saturated carbocycles. The first-order chi connectivity index (χ1) is 13.5. The van der Waals surface area contributed by atoms with E-state index in [1.54, 1.807) is 11.0 Å². The van der Waals surface area contributed by atoms with Crippen molar-refractivity contribution in [1.29, 1.82) is 0 Å². The number of likely N-dealkylation sites (tertiary alicyclic amines) is 1. The molecule has 1 amide bonds. The van der Waals surface area contributed by atoms with Gasteiger partial charge in [0.15, 0.2) is 5.78 Å². The summed E-state index contributed by atoms with van der Waals surface area (Å²) in [4.78, 5) is 27.1. The first kappa shape index (κ1) is 17.9. The van der Waals surface area contributed by atoms with Crippen molar-refractivity contribution >= 4 is 17.5 Å². The monoisotopic (exact) mass is 378 g/mol. The smallest absolute Gasteiger partial charge is 0.253 e. The number of carbonyl (C=O) groups excluding carboxylic acids is 2. The van der Waals surface area contributed by atoms with Gasteiger partial charge >= 0.3 is 0 Å². The van der Waals surface area contributed by atoms with Crippen LogP contribution >= 0.6 is 0 Å². The van der Waals surface area contributed by atoms with Gasteiger partial charge in [0, 0.05) is 24.6 Å². The molecular formula is C21H19FN4O2. The molecule has 1 atom stereocenters. The molecule has 1 fully saturated rings. The zero-order valence-electron chi connectivity index (χ0n) is 15.1. The van der Waals surface area contributed by atoms with Gasteiger partial charge in [-0.1, -0.05) is 24.3 Å². The molecule has 1 aromatic heterocycles. The van der Waals surface area contributed by atoms with Crippen LogP contribution in [0.4, 0.5) is 10.2 Å². The van der Waals surface area contributed by atoms with Crippen molar-refractivity contribution in [1.82, 2.24) is 14.7 Å². The number of amides is 1. The molecule has 1 aliphatic rings. The van der Waals surface area contributed by atoms with Crippen LogP contribution in [0.1, 0.15) is 27.1 Å². The van der Waals surface area contributed by atoms with Crippen LogP contribution in [0.5, 0.6) is 0 Å². The van der Waals surface area contributed by atoms with Crippen LogP contribution in [-0.4, -0.2) is 39.5 Å². The predicted octanol–water partition coefficient (Wildman–Crippen LogP) is 2.94. The Bertz CT molecular complexity index is 1030. The van der Waals surface area contributed by atoms with E-state index in [2.05, 4.69) is 5.10 Å². The van der Waals surface area contributed by atoms with Gasteiger partial charge < -0.3 is 10.6 Å². The molecular weight excluding hydrogens is 359 g/mol. The molecule has 0 bridgehead atoms. The van der Waals surface area contributed by atoms with Crippen LogP contribution in [-0.2, 0) is 0 Å². The highest BCUT2D eigenvalue weighted by molar-refractivity contribution is 6.03. The highest BCUT2D eigenvalue weighted by Crippen LogP contribution is 2.26. The van der Waals surface area contributed by atoms with Crippen molar-refractivity contribution in [3.8, 4) is 5.69 Å². The van der Waals surface area contributed by atoms with Gasteiger partial charge in [0.2, 0.25) is 0 Å². The number of hydrogen-bond donors (Lipinski definition) is 1. The molecule has 28 heavy (non-hydrogen) atoms. The van der Waals surface area contributed by atoms with E-state index in [4.69, 9.17) is 5.73 Å². The van der Waals surface area contributed by atoms with E-state index < -0.39 is 5.82 Å². The zero-order chi connectivity index (χ0) is 19.7. The highest BCUT2D eigenvalue weighted by atomic mass is 19.1. The Morgan fingerprint density at radius 2 is 1.89 bits per heavy atom. The van der Waals surface area contributed by atoms with E-state index in [1.165, 1.54) is 29.1 Å². The van der Waals surface area contributed by atoms with Crippen molar-refractivity contribution in [3.63, 3.8) is 0 Å². The Morgan fingerprint density at radius 3 is 2.64 bits per heavy atom. The Morgan fingerprint density at radius 1 is 1.11 bits per heavy atom. The van der Waals surface area contributed by atoms with Gasteiger partial charge in [-0.2, -0.15) is 5.10 Å². The molecule has 0 aliphatic carbocycles. The second-order valence-electron chi connectivity index (χ2n) is 6.80. The minimum atomic E-state index is -0.459. The fourth-order valence-electron chi connectivity index (χ4n) is 3.51. The molecule has 2 aromatic carbocycles. The lowest BCUT2D eigenvalue weighted by molar-refractivity contribution is 0.0780. The Balaban J connectivity index is 1.50. The van der Waals surface area contributed by atoms with Gasteiger partial charge in [0.25, 0.3) is 5.91 Å². The van der Waals surface area contributed by atoms with Crippen molar-refractivity contribution < 1.29 is 14.0 Å². The molecule has 0 radical (unpaired) electrons. The largest absolute Gasteiger partial charge is 0.383 e. The van der Waals surface area contributed by atoms with Crippen LogP contribution in [0.15, 0.2) is 60.8 Å². The van der Waals surface area contributed by atoms with E-state index >= 15 is 0 Å². The number of nitrogens with two attached hydrogens (primary N) is 1. The number of nitrogens with zero attached hydrogens (tertiary/aromatic N) is 3. The van der Waals surface area contributed by atoms with Crippen molar-refractivity contribution in [2.45, 2.75) is 6.42 Å². The summed E-state index contributed by atoms with van der Waals surface area (Å²) >= 11 is 0. The number of hydrogen-bond acceptors (Lipinski definition) is 4. The normalized spacial score (nSPS) is 16.3. The molecule has 142 valence electrons. The molecule has 1 saturated heterocycles. The van der Waals surface area contributed by atoms with Gasteiger partial charge in [-0.15, -0.1) is 0 Å². The predicted molar refractivity (Wildman–Crippen MR) is 103 cm³/mol. The number of rotatable bonds is 4. The molecule has 7 heteroatoms. The zero-order valence-corrected chi connectivity index (χ0v) is 15.1. The van der Waals surface area contributed by atoms with Gasteiger partial charge in [-0.3, -0.25) is 9.59 Å². The summed E-state index contributed by atoms with van der Waals surface area (Å²) in [5.74, 6) is -0.935. The summed E-state index contributed by atoms with van der Waals surface area (Å²) in [6.45, 7) is 0.725. The average molecular weight is 378 g/mol. The van der Waals surface area contributed by atoms with E-state index in [1.807, 2.05) is 30.3 Å². The minimum absolute atomic E-state index is 0.130. The maximum absolute atomic E-state index is 13.4. The van der Waals surface area contributed by atoms with E-state index in [0.29, 0.717) is 18.5 Å². The van der Waals surface area contributed by atoms with Crippen LogP contribution < -0.4 is 5.73 Å². The van der Waals surface area contributed by atoms with Crippen LogP contribution in [0.2, 0.25) is 0 Å². The molecule has 3 aromatic rings. The summed E-state index contributed by atoms with van der Waals surface area (Å²) in [5, 5.41) is 4.24. The van der Waals surface area contributed by atoms with E-state index in [-0.39, 0.29) is 35.5 Å². The number of anilines is 1. The average Bonchev–Trinajstić information content (AvgIpc) is 3.35. The number of benzene rings is 2. The van der Waals surface area contributed by atoms with Crippen LogP contribution in [0.25, 0.3) is 5.69 Å². The topological polar surface area (TPSA) is 81.2 Å². The fraction of sp³-hybridized carbons (Fsp3) is 0.190. The number of nitrogen functional groups attached to an aromatic ring is 1. The molecule has 4 rings (SSSR count). The molecule has 2 N–H and O–H groups in total. The lowest BCUT2D eigenvalue weighted by Crippen LogP contribution is -2.30. The maximum atomic E-state index is 13.4. The number of aromatic nitrogens is 2. The Labute approximate surface area is 161 Å². The molecule has 6 nitrogen and oxygen atoms in total. The first-order valence-electron chi connectivity index (χ1n) is 9.02. The second-order valence-corrected chi connectivity index (χ2v) is 6.80. The SMILES string of the molecule is Nc1c(C(=O)C2CCN(C(=O)c3cccc(F)c3)C2)cnn1-c1ccccc1. The van der Waals surface area contributed by atoms with Crippen LogP contribution in [0.3, 0.4) is 0 Å². The first-order valence-corrected chi connectivity index (χ1v) is 9.02. The number of halogens is 1. The molecule has 1 aliphatic heterocycles. The minimum Gasteiger partial charge on any atom is -0.383 e. The molecule has 1 unspecified atom stereocenters. The third kappa shape index (κ3) is 3.26. The van der Waals surface area contributed by atoms with E-state index in [0.717, 1.165) is 5.69 Å². The number of carbonyl (C=O) groups is 2. The standard InChI is InChI=1S/C21H19FN4O2/c22-16-6-4-5-14(11-16)21(28)25-10-9-15(13-25)19(27)18-12-24-26(20(18)23)17-7-2-1-3-8-17/h1-8,11-12,15H,9-10,13,23H2. The second kappa shape index (κ2) is 7.26. The summed E-state index contributed by atoms with van der Waals surface area (Å²) in [7, 11) is 0. The van der Waals surface area contributed by atoms with Crippen molar-refractivity contribution in [2.24, 2.45) is 5.92 Å². The number of para-hydroxylation sites is 1. The number of Topliss-reactive ketones (excluding diaryl/α,β-unsaturated/α-hetero) is 1. The molecule has 2 heterocycles. The quantitative estimate of drug-likeness (QED) is 0.708. The number of ketones is 1. The fourth-order valence-corrected chi connectivity index (χ4v) is 3.51. The van der Waals surface area contributed by atoms with Crippen molar-refractivity contribution in [2.75, 3.05) is 18.8 Å². The Hall–Kier alpha value is -3.48. The summed E-state index contributed by atoms with van der Waals surface area (Å²) < 4.78 is 14.9. The summed E-state index contributed by atoms with van der Waals surface area (Å²) in [6.07, 6.45) is 2.01.